The molecule has 0 radical (unpaired) electrons. The lowest BCUT2D eigenvalue weighted by molar-refractivity contribution is -0.133. The van der Waals surface area contributed by atoms with E-state index in [4.69, 9.17) is 5.11 Å². The number of carbonyl (C=O) groups is 1. The summed E-state index contributed by atoms with van der Waals surface area (Å²) in [5.74, 6) is 1.10. The van der Waals surface area contributed by atoms with Gasteiger partial charge in [-0.2, -0.15) is 0 Å². The van der Waals surface area contributed by atoms with Gasteiger partial charge in [-0.1, -0.05) is 39.5 Å². The maximum atomic E-state index is 10.8. The molecule has 0 aliphatic heterocycles. The predicted octanol–water partition coefficient (Wildman–Crippen LogP) is 3.01. The van der Waals surface area contributed by atoms with Gasteiger partial charge in [0.05, 0.1) is 5.75 Å². The third-order valence-corrected chi connectivity index (χ3v) is 5.13. The van der Waals surface area contributed by atoms with Crippen molar-refractivity contribution in [3.8, 4) is 0 Å². The zero-order chi connectivity index (χ0) is 14.9. The fraction of sp³-hybridized carbons (Fsp3) is 0.786. The second kappa shape index (κ2) is 5.76. The average molecular weight is 297 g/mol. The Kier molecular flexibility index (Phi) is 4.42. The monoisotopic (exact) mass is 297 g/mol. The van der Waals surface area contributed by atoms with Gasteiger partial charge in [0.2, 0.25) is 0 Å². The van der Waals surface area contributed by atoms with Crippen LogP contribution in [0.5, 0.6) is 0 Å². The molecule has 0 unspecified atom stereocenters. The van der Waals surface area contributed by atoms with Crippen molar-refractivity contribution in [2.75, 3.05) is 5.75 Å². The van der Waals surface area contributed by atoms with Crippen LogP contribution in [0, 0.1) is 11.3 Å². The third kappa shape index (κ3) is 3.16. The quantitative estimate of drug-likeness (QED) is 0.784. The molecule has 0 atom stereocenters. The largest absolute Gasteiger partial charge is 0.481 e. The molecule has 1 N–H and O–H groups in total. The molecule has 0 spiro atoms. The highest BCUT2D eigenvalue weighted by atomic mass is 32.2. The first-order valence-corrected chi connectivity index (χ1v) is 8.12. The average Bonchev–Trinajstić information content (AvgIpc) is 3.02. The summed E-state index contributed by atoms with van der Waals surface area (Å²) in [4.78, 5) is 10.8. The Balaban J connectivity index is 2.23. The zero-order valence-electron chi connectivity index (χ0n) is 12.6. The first-order chi connectivity index (χ1) is 9.35. The molecule has 6 heteroatoms. The Morgan fingerprint density at radius 3 is 2.45 bits per heavy atom. The summed E-state index contributed by atoms with van der Waals surface area (Å²) in [7, 11) is 0. The number of hydrogen-bond donors (Lipinski definition) is 1. The van der Waals surface area contributed by atoms with Crippen LogP contribution >= 0.6 is 11.8 Å². The number of carboxylic acid groups (broad SMARTS) is 1. The molecule has 1 saturated carbocycles. The summed E-state index contributed by atoms with van der Waals surface area (Å²) in [5.41, 5.74) is 0.352. The zero-order valence-corrected chi connectivity index (χ0v) is 13.4. The second-order valence-electron chi connectivity index (χ2n) is 6.28. The molecule has 1 aliphatic carbocycles. The summed E-state index contributed by atoms with van der Waals surface area (Å²) in [6.07, 6.45) is 2.48. The van der Waals surface area contributed by atoms with Crippen LogP contribution in [0.15, 0.2) is 5.16 Å². The smallest absolute Gasteiger partial charge is 0.313 e. The van der Waals surface area contributed by atoms with Crippen LogP contribution in [-0.2, 0) is 11.3 Å². The summed E-state index contributed by atoms with van der Waals surface area (Å²) < 4.78 is 2.14. The minimum Gasteiger partial charge on any atom is -0.481 e. The van der Waals surface area contributed by atoms with E-state index in [0.717, 1.165) is 17.5 Å². The molecule has 0 aromatic carbocycles. The molecule has 0 amide bonds. The van der Waals surface area contributed by atoms with Crippen molar-refractivity contribution in [1.82, 2.24) is 14.8 Å². The number of thioether (sulfide) groups is 1. The van der Waals surface area contributed by atoms with Crippen LogP contribution in [0.4, 0.5) is 0 Å². The van der Waals surface area contributed by atoms with Gasteiger partial charge in [-0.05, 0) is 24.2 Å². The molecule has 1 aromatic rings. The third-order valence-electron chi connectivity index (χ3n) is 4.18. The van der Waals surface area contributed by atoms with E-state index in [-0.39, 0.29) is 5.75 Å². The number of carboxylic acids is 1. The normalized spacial score (nSPS) is 16.9. The van der Waals surface area contributed by atoms with E-state index in [9.17, 15) is 4.79 Å². The van der Waals surface area contributed by atoms with Gasteiger partial charge in [0.1, 0.15) is 5.82 Å². The Morgan fingerprint density at radius 1 is 1.35 bits per heavy atom. The number of rotatable bonds is 7. The van der Waals surface area contributed by atoms with Crippen LogP contribution in [0.2, 0.25) is 0 Å². The maximum Gasteiger partial charge on any atom is 0.313 e. The molecule has 0 bridgehead atoms. The van der Waals surface area contributed by atoms with Gasteiger partial charge in [-0.15, -0.1) is 10.2 Å². The number of hydrogen-bond acceptors (Lipinski definition) is 4. The van der Waals surface area contributed by atoms with Gasteiger partial charge in [-0.3, -0.25) is 4.79 Å². The Morgan fingerprint density at radius 2 is 2.00 bits per heavy atom. The topological polar surface area (TPSA) is 68.0 Å². The van der Waals surface area contributed by atoms with E-state index in [1.54, 1.807) is 0 Å². The highest BCUT2D eigenvalue weighted by Crippen LogP contribution is 2.53. The SMILES string of the molecule is CC(C)c1nnc(SCC(=O)O)n1CC1(C(C)C)CC1. The molecule has 0 saturated heterocycles. The summed E-state index contributed by atoms with van der Waals surface area (Å²) in [5, 5.41) is 18.0. The van der Waals surface area contributed by atoms with E-state index in [0.29, 0.717) is 17.3 Å². The first-order valence-electron chi connectivity index (χ1n) is 7.13. The lowest BCUT2D eigenvalue weighted by atomic mass is 9.92. The van der Waals surface area contributed by atoms with Crippen molar-refractivity contribution in [2.24, 2.45) is 11.3 Å². The van der Waals surface area contributed by atoms with Gasteiger partial charge in [0, 0.05) is 12.5 Å². The molecule has 20 heavy (non-hydrogen) atoms. The lowest BCUT2D eigenvalue weighted by Gasteiger charge is -2.22. The first kappa shape index (κ1) is 15.4. The number of nitrogens with zero attached hydrogens (tertiary/aromatic N) is 3. The second-order valence-corrected chi connectivity index (χ2v) is 7.22. The van der Waals surface area contributed by atoms with E-state index < -0.39 is 5.97 Å². The predicted molar refractivity (Wildman–Crippen MR) is 79.0 cm³/mol. The van der Waals surface area contributed by atoms with E-state index in [1.165, 1.54) is 24.6 Å². The molecule has 1 aliphatic rings. The minimum atomic E-state index is -0.819. The van der Waals surface area contributed by atoms with Gasteiger partial charge >= 0.3 is 5.97 Å². The fourth-order valence-electron chi connectivity index (χ4n) is 2.50. The molecular weight excluding hydrogens is 274 g/mol. The van der Waals surface area contributed by atoms with Crippen molar-refractivity contribution in [1.29, 1.82) is 0 Å². The fourth-order valence-corrected chi connectivity index (χ4v) is 3.17. The van der Waals surface area contributed by atoms with Crippen molar-refractivity contribution in [2.45, 2.75) is 58.2 Å². The van der Waals surface area contributed by atoms with Gasteiger partial charge < -0.3 is 9.67 Å². The van der Waals surface area contributed by atoms with Crippen LogP contribution in [0.3, 0.4) is 0 Å². The molecule has 5 nitrogen and oxygen atoms in total. The molecule has 1 aromatic heterocycles. The highest BCUT2D eigenvalue weighted by Gasteiger charge is 2.46. The van der Waals surface area contributed by atoms with Crippen LogP contribution < -0.4 is 0 Å². The molecule has 2 rings (SSSR count). The molecule has 1 fully saturated rings. The Hall–Kier alpha value is -1.04. The molecule has 112 valence electrons. The Labute approximate surface area is 124 Å². The van der Waals surface area contributed by atoms with Crippen LogP contribution in [0.1, 0.15) is 52.3 Å². The van der Waals surface area contributed by atoms with Gasteiger partial charge in [-0.25, -0.2) is 0 Å². The molecular formula is C14H23N3O2S. The lowest BCUT2D eigenvalue weighted by Crippen LogP contribution is -2.20. The van der Waals surface area contributed by atoms with Crippen LogP contribution in [0.25, 0.3) is 0 Å². The minimum absolute atomic E-state index is 0.0326. The van der Waals surface area contributed by atoms with Crippen molar-refractivity contribution < 1.29 is 9.90 Å². The van der Waals surface area contributed by atoms with E-state index in [2.05, 4.69) is 42.5 Å². The summed E-state index contributed by atoms with van der Waals surface area (Å²) in [6, 6.07) is 0. The maximum absolute atomic E-state index is 10.8. The van der Waals surface area contributed by atoms with Gasteiger partial charge in [0.25, 0.3) is 0 Å². The van der Waals surface area contributed by atoms with Crippen molar-refractivity contribution >= 4 is 17.7 Å². The van der Waals surface area contributed by atoms with E-state index >= 15 is 0 Å². The van der Waals surface area contributed by atoms with Crippen LogP contribution in [-0.4, -0.2) is 31.6 Å². The highest BCUT2D eigenvalue weighted by molar-refractivity contribution is 7.99. The van der Waals surface area contributed by atoms with Crippen molar-refractivity contribution in [3.05, 3.63) is 5.82 Å². The molecule has 1 heterocycles. The number of aliphatic carboxylic acids is 1. The summed E-state index contributed by atoms with van der Waals surface area (Å²) >= 11 is 1.26. The number of aromatic nitrogens is 3. The summed E-state index contributed by atoms with van der Waals surface area (Å²) in [6.45, 7) is 9.63. The van der Waals surface area contributed by atoms with E-state index in [1.807, 2.05) is 0 Å². The van der Waals surface area contributed by atoms with Crippen molar-refractivity contribution in [3.63, 3.8) is 0 Å². The standard InChI is InChI=1S/C14H23N3O2S/c1-9(2)12-15-16-13(20-7-11(18)19)17(12)8-14(5-6-14)10(3)4/h9-10H,5-8H2,1-4H3,(H,18,19). The van der Waals surface area contributed by atoms with Gasteiger partial charge in [0.15, 0.2) is 5.16 Å². The Bertz CT molecular complexity index is 493.